The van der Waals surface area contributed by atoms with Crippen molar-refractivity contribution in [2.45, 2.75) is 0 Å². The molecule has 0 heterocycles. The van der Waals surface area contributed by atoms with Crippen LogP contribution in [0.3, 0.4) is 0 Å². The molecule has 47 heavy (non-hydrogen) atoms. The maximum atomic E-state index is 14.0. The van der Waals surface area contributed by atoms with Gasteiger partial charge in [0, 0.05) is 40.1 Å². The third-order valence-electron chi connectivity index (χ3n) is 5.84. The molecule has 8 nitrogen and oxygen atoms in total. The van der Waals surface area contributed by atoms with Crippen molar-refractivity contribution in [2.75, 3.05) is 35.9 Å². The van der Waals surface area contributed by atoms with Crippen molar-refractivity contribution in [3.05, 3.63) is 117 Å². The van der Waals surface area contributed by atoms with Crippen LogP contribution in [-0.2, 0) is 9.59 Å². The van der Waals surface area contributed by atoms with E-state index in [2.05, 4.69) is 53.1 Å². The maximum Gasteiger partial charge on any atom is 0.235 e. The van der Waals surface area contributed by atoms with Crippen LogP contribution < -0.4 is 20.5 Å². The number of nitrogens with two attached hydrogens (primary N) is 1. The van der Waals surface area contributed by atoms with Gasteiger partial charge in [-0.05, 0) is 52.3 Å². The number of amides is 1. The van der Waals surface area contributed by atoms with Crippen molar-refractivity contribution in [1.82, 2.24) is 0 Å². The van der Waals surface area contributed by atoms with Crippen LogP contribution in [0.4, 0.5) is 20.2 Å². The van der Waals surface area contributed by atoms with Gasteiger partial charge in [0.2, 0.25) is 10.6 Å². The molecule has 0 aliphatic rings. The Kier molecular flexibility index (Phi) is 16.5. The number of rotatable bonds is 9. The number of carbonyl (C=O) groups is 4. The van der Waals surface area contributed by atoms with Gasteiger partial charge in [0.1, 0.15) is 0 Å². The molecule has 1 amide bonds. The molecular weight excluding hydrogens is 857 g/mol. The van der Waals surface area contributed by atoms with Gasteiger partial charge in [-0.25, -0.2) is 8.78 Å². The zero-order chi connectivity index (χ0) is 35.3. The molecule has 0 saturated heterocycles. The summed E-state index contributed by atoms with van der Waals surface area (Å²) in [5, 5.41) is 3.50. The van der Waals surface area contributed by atoms with Gasteiger partial charge in [0.05, 0.1) is 40.6 Å². The van der Waals surface area contributed by atoms with Crippen LogP contribution in [0, 0.1) is 11.6 Å². The van der Waals surface area contributed by atoms with Crippen LogP contribution in [0.25, 0.3) is 0 Å². The largest absolute Gasteiger partial charge is 0.494 e. The Morgan fingerprint density at radius 3 is 1.57 bits per heavy atom. The molecule has 0 aliphatic heterocycles. The number of alkyl halides is 2. The van der Waals surface area contributed by atoms with E-state index in [-0.39, 0.29) is 66.1 Å². The third-order valence-corrected chi connectivity index (χ3v) is 8.55. The minimum Gasteiger partial charge on any atom is -0.494 e. The number of carbonyl (C=O) groups excluding carboxylic acids is 4. The Hall–Kier alpha value is -3.36. The summed E-state index contributed by atoms with van der Waals surface area (Å²) in [5.41, 5.74) is 6.58. The average molecular weight is 882 g/mol. The van der Waals surface area contributed by atoms with E-state index in [4.69, 9.17) is 38.4 Å². The first-order valence-corrected chi connectivity index (χ1v) is 16.8. The van der Waals surface area contributed by atoms with Crippen LogP contribution in [0.2, 0.25) is 10.0 Å². The topological polar surface area (TPSA) is 125 Å². The van der Waals surface area contributed by atoms with E-state index in [1.54, 1.807) is 42.5 Å². The normalized spacial score (nSPS) is 9.98. The second-order valence-corrected chi connectivity index (χ2v) is 11.7. The van der Waals surface area contributed by atoms with Crippen LogP contribution in [0.5, 0.6) is 11.5 Å². The van der Waals surface area contributed by atoms with Gasteiger partial charge < -0.3 is 20.5 Å². The highest BCUT2D eigenvalue weighted by Gasteiger charge is 2.21. The van der Waals surface area contributed by atoms with Gasteiger partial charge in [-0.3, -0.25) is 19.2 Å². The summed E-state index contributed by atoms with van der Waals surface area (Å²) >= 11 is 20.6. The van der Waals surface area contributed by atoms with Crippen LogP contribution >= 0.6 is 71.0 Å². The first kappa shape index (κ1) is 39.8. The smallest absolute Gasteiger partial charge is 0.235 e. The summed E-state index contributed by atoms with van der Waals surface area (Å²) in [5.74, 6) is -2.75. The van der Waals surface area contributed by atoms with E-state index < -0.39 is 23.2 Å². The summed E-state index contributed by atoms with van der Waals surface area (Å²) in [7, 11) is 2.62. The average Bonchev–Trinajstić information content (AvgIpc) is 3.06. The molecule has 0 aromatic heterocycles. The minimum absolute atomic E-state index is 0.00629. The highest BCUT2D eigenvalue weighted by atomic mass is 79.9. The number of halogens is 7. The van der Waals surface area contributed by atoms with Crippen molar-refractivity contribution >= 4 is 105 Å². The van der Waals surface area contributed by atoms with Crippen LogP contribution in [-0.4, -0.2) is 47.0 Å². The molecule has 3 N–H and O–H groups in total. The van der Waals surface area contributed by atoms with Gasteiger partial charge in [-0.1, -0.05) is 79.3 Å². The number of hydrogen-bond donors (Lipinski definition) is 2. The molecule has 0 bridgehead atoms. The second kappa shape index (κ2) is 19.5. The Morgan fingerprint density at radius 1 is 0.723 bits per heavy atom. The molecule has 4 aromatic rings. The van der Waals surface area contributed by atoms with Crippen molar-refractivity contribution in [3.63, 3.8) is 0 Å². The molecule has 4 aromatic carbocycles. The standard InChI is InChI=1S/C16H12BrClFNO3.C14H11ClFNO2.C2H2Br2O/c1-23-14-7-13(20-15(21)8-17)10(6-12(14)19)16(22)9-4-2-3-5-11(9)18;1-19-13-7-12(17)9(6-11(13)16)14(18)8-4-2-3-5-10(8)15;3-1-2(4)5/h2-7H,8H2,1H3,(H,20,21);2-7H,17H2,1H3;1H2. The lowest BCUT2D eigenvalue weighted by Gasteiger charge is -2.13. The van der Waals surface area contributed by atoms with Crippen molar-refractivity contribution in [3.8, 4) is 11.5 Å². The Labute approximate surface area is 304 Å². The second-order valence-electron chi connectivity index (χ2n) is 8.89. The molecule has 15 heteroatoms. The SMILES string of the molecule is COc1cc(N)c(C(=O)c2ccccc2Cl)cc1F.COc1cc(NC(=O)CBr)c(C(=O)c2ccccc2Cl)cc1F.O=C(Br)CBr. The molecule has 0 saturated carbocycles. The molecule has 0 fully saturated rings. The molecule has 0 atom stereocenters. The first-order valence-electron chi connectivity index (χ1n) is 13.0. The Morgan fingerprint density at radius 2 is 1.15 bits per heavy atom. The predicted molar refractivity (Wildman–Crippen MR) is 190 cm³/mol. The fraction of sp³-hybridized carbons (Fsp3) is 0.125. The zero-order valence-electron chi connectivity index (χ0n) is 24.5. The number of ether oxygens (including phenoxy) is 2. The number of nitrogen functional groups attached to an aromatic ring is 1. The summed E-state index contributed by atoms with van der Waals surface area (Å²) in [6, 6.07) is 17.6. The Bertz CT molecular complexity index is 1780. The third kappa shape index (κ3) is 11.4. The lowest BCUT2D eigenvalue weighted by molar-refractivity contribution is -0.113. The van der Waals surface area contributed by atoms with Gasteiger partial charge in [-0.2, -0.15) is 0 Å². The summed E-state index contributed by atoms with van der Waals surface area (Å²) < 4.78 is 37.3. The lowest BCUT2D eigenvalue weighted by Crippen LogP contribution is -2.16. The van der Waals surface area contributed by atoms with E-state index in [1.807, 2.05) is 0 Å². The van der Waals surface area contributed by atoms with Gasteiger partial charge in [0.25, 0.3) is 0 Å². The highest BCUT2D eigenvalue weighted by molar-refractivity contribution is 9.19. The number of nitrogens with one attached hydrogen (secondary N) is 1. The zero-order valence-corrected chi connectivity index (χ0v) is 30.8. The Balaban J connectivity index is 0.000000290. The number of benzene rings is 4. The number of anilines is 2. The minimum atomic E-state index is -0.709. The highest BCUT2D eigenvalue weighted by Crippen LogP contribution is 2.30. The van der Waals surface area contributed by atoms with Gasteiger partial charge >= 0.3 is 0 Å². The van der Waals surface area contributed by atoms with Crippen molar-refractivity contribution in [2.24, 2.45) is 0 Å². The number of hydrogen-bond acceptors (Lipinski definition) is 7. The fourth-order valence-corrected chi connectivity index (χ4v) is 4.27. The number of ketones is 2. The maximum absolute atomic E-state index is 14.0. The molecule has 248 valence electrons. The predicted octanol–water partition coefficient (Wildman–Crippen LogP) is 8.66. The summed E-state index contributed by atoms with van der Waals surface area (Å²) in [6.07, 6.45) is 0. The monoisotopic (exact) mass is 878 g/mol. The van der Waals surface area contributed by atoms with E-state index in [0.717, 1.165) is 12.1 Å². The molecular formula is C32H25Br3Cl2F2N2O6. The first-order chi connectivity index (χ1) is 22.3. The van der Waals surface area contributed by atoms with Crippen LogP contribution in [0.1, 0.15) is 31.8 Å². The van der Waals surface area contributed by atoms with Crippen molar-refractivity contribution < 1.29 is 37.4 Å². The molecule has 0 radical (unpaired) electrons. The molecule has 0 aliphatic carbocycles. The summed E-state index contributed by atoms with van der Waals surface area (Å²) in [4.78, 5) is 46.2. The quantitative estimate of drug-likeness (QED) is 0.0747. The fourth-order valence-electron chi connectivity index (χ4n) is 3.69. The van der Waals surface area contributed by atoms with Crippen molar-refractivity contribution in [1.29, 1.82) is 0 Å². The number of methoxy groups -OCH3 is 2. The van der Waals surface area contributed by atoms with Gasteiger partial charge in [0.15, 0.2) is 34.7 Å². The van der Waals surface area contributed by atoms with E-state index in [1.165, 1.54) is 32.4 Å². The van der Waals surface area contributed by atoms with Crippen LogP contribution in [0.15, 0.2) is 72.8 Å². The molecule has 0 unspecified atom stereocenters. The van der Waals surface area contributed by atoms with E-state index in [0.29, 0.717) is 10.4 Å². The molecule has 4 rings (SSSR count). The van der Waals surface area contributed by atoms with Gasteiger partial charge in [-0.15, -0.1) is 0 Å². The molecule has 0 spiro atoms. The van der Waals surface area contributed by atoms with E-state index >= 15 is 0 Å². The lowest BCUT2D eigenvalue weighted by atomic mass is 10.0. The van der Waals surface area contributed by atoms with E-state index in [9.17, 15) is 28.0 Å². The summed E-state index contributed by atoms with van der Waals surface area (Å²) in [6.45, 7) is 0.